The second kappa shape index (κ2) is 10.4. The second-order valence-corrected chi connectivity index (χ2v) is 8.91. The zero-order valence-electron chi connectivity index (χ0n) is 18.9. The molecule has 0 unspecified atom stereocenters. The Morgan fingerprint density at radius 2 is 1.91 bits per heavy atom. The normalized spacial score (nSPS) is 16.5. The number of carbonyl (C=O) groups is 1. The minimum absolute atomic E-state index is 0.0823. The van der Waals surface area contributed by atoms with Gasteiger partial charge in [0.15, 0.2) is 11.6 Å². The van der Waals surface area contributed by atoms with Gasteiger partial charge < -0.3 is 19.9 Å². The molecule has 0 atom stereocenters. The molecule has 7 nitrogen and oxygen atoms in total. The average Bonchev–Trinajstić information content (AvgIpc) is 2.80. The predicted molar refractivity (Wildman–Crippen MR) is 129 cm³/mol. The number of piperazine rings is 1. The van der Waals surface area contributed by atoms with Crippen molar-refractivity contribution in [1.82, 2.24) is 15.2 Å². The van der Waals surface area contributed by atoms with Gasteiger partial charge in [0, 0.05) is 68.6 Å². The molecule has 0 bridgehead atoms. The van der Waals surface area contributed by atoms with E-state index in [4.69, 9.17) is 16.3 Å². The van der Waals surface area contributed by atoms with Gasteiger partial charge in [0.05, 0.1) is 6.54 Å². The lowest BCUT2D eigenvalue weighted by Gasteiger charge is -2.37. The summed E-state index contributed by atoms with van der Waals surface area (Å²) in [5.74, 6) is 1.73. The van der Waals surface area contributed by atoms with E-state index in [2.05, 4.69) is 44.1 Å². The number of ether oxygens (including phenoxy) is 1. The van der Waals surface area contributed by atoms with Crippen LogP contribution in [0.25, 0.3) is 0 Å². The van der Waals surface area contributed by atoms with E-state index in [1.807, 2.05) is 25.1 Å². The van der Waals surface area contributed by atoms with Gasteiger partial charge in [-0.15, -0.1) is 0 Å². The van der Waals surface area contributed by atoms with E-state index in [1.54, 1.807) is 0 Å². The van der Waals surface area contributed by atoms with E-state index in [0.29, 0.717) is 26.1 Å². The van der Waals surface area contributed by atoms with E-state index in [-0.39, 0.29) is 5.91 Å². The van der Waals surface area contributed by atoms with Crippen molar-refractivity contribution < 1.29 is 9.53 Å². The molecule has 1 amide bonds. The monoisotopic (exact) mass is 457 g/mol. The lowest BCUT2D eigenvalue weighted by atomic mass is 10.1. The molecule has 2 aliphatic heterocycles. The number of aromatic nitrogens is 1. The molecule has 1 fully saturated rings. The molecule has 32 heavy (non-hydrogen) atoms. The SMILES string of the molecule is Cc1ccc2c(n1)N(CCC(=O)NCCN1CCN(c3cc(Cl)ccc3C)CC1)CCO2. The number of benzene rings is 1. The molecule has 172 valence electrons. The van der Waals surface area contributed by atoms with Crippen LogP contribution in [-0.4, -0.2) is 74.8 Å². The Balaban J connectivity index is 1.17. The van der Waals surface area contributed by atoms with Crippen LogP contribution in [-0.2, 0) is 4.79 Å². The van der Waals surface area contributed by atoms with Gasteiger partial charge >= 0.3 is 0 Å². The van der Waals surface area contributed by atoms with Crippen LogP contribution in [0.3, 0.4) is 0 Å². The number of nitrogens with one attached hydrogen (secondary N) is 1. The maximum atomic E-state index is 12.4. The van der Waals surface area contributed by atoms with Crippen LogP contribution in [0.15, 0.2) is 30.3 Å². The summed E-state index contributed by atoms with van der Waals surface area (Å²) in [6.45, 7) is 11.6. The molecule has 0 radical (unpaired) electrons. The Hall–Kier alpha value is -2.51. The molecular formula is C24H32ClN5O2. The zero-order chi connectivity index (χ0) is 22.5. The summed E-state index contributed by atoms with van der Waals surface area (Å²) < 4.78 is 5.68. The van der Waals surface area contributed by atoms with Gasteiger partial charge in [-0.25, -0.2) is 4.98 Å². The standard InChI is InChI=1S/C24H32ClN5O2/c1-18-3-5-20(25)17-21(18)29-13-11-28(12-14-29)10-8-26-23(31)7-9-30-15-16-32-22-6-4-19(2)27-24(22)30/h3-6,17H,7-16H2,1-2H3,(H,26,31). The molecule has 1 aromatic carbocycles. The summed E-state index contributed by atoms with van der Waals surface area (Å²) in [7, 11) is 0. The Kier molecular flexibility index (Phi) is 7.37. The molecule has 2 aliphatic rings. The fourth-order valence-corrected chi connectivity index (χ4v) is 4.44. The molecule has 0 saturated carbocycles. The predicted octanol–water partition coefficient (Wildman–Crippen LogP) is 2.88. The number of nitrogens with zero attached hydrogens (tertiary/aromatic N) is 4. The van der Waals surface area contributed by atoms with Gasteiger partial charge in [0.2, 0.25) is 5.91 Å². The van der Waals surface area contributed by atoms with Crippen LogP contribution in [0, 0.1) is 13.8 Å². The van der Waals surface area contributed by atoms with Crippen molar-refractivity contribution in [3.05, 3.63) is 46.6 Å². The fourth-order valence-electron chi connectivity index (χ4n) is 4.27. The van der Waals surface area contributed by atoms with Gasteiger partial charge in [0.1, 0.15) is 6.61 Å². The Labute approximate surface area is 195 Å². The number of fused-ring (bicyclic) bond motifs is 1. The van der Waals surface area contributed by atoms with Crippen LogP contribution in [0.4, 0.5) is 11.5 Å². The number of hydrogen-bond acceptors (Lipinski definition) is 6. The average molecular weight is 458 g/mol. The van der Waals surface area contributed by atoms with Crippen molar-refractivity contribution in [1.29, 1.82) is 0 Å². The number of pyridine rings is 1. The summed E-state index contributed by atoms with van der Waals surface area (Å²) in [6, 6.07) is 9.97. The largest absolute Gasteiger partial charge is 0.488 e. The highest BCUT2D eigenvalue weighted by Crippen LogP contribution is 2.29. The Morgan fingerprint density at radius 1 is 1.09 bits per heavy atom. The van der Waals surface area contributed by atoms with E-state index in [0.717, 1.165) is 61.6 Å². The summed E-state index contributed by atoms with van der Waals surface area (Å²) in [5.41, 5.74) is 3.43. The third kappa shape index (κ3) is 5.64. The van der Waals surface area contributed by atoms with Crippen LogP contribution in [0.2, 0.25) is 5.02 Å². The van der Waals surface area contributed by atoms with Gasteiger partial charge in [-0.2, -0.15) is 0 Å². The molecule has 8 heteroatoms. The zero-order valence-corrected chi connectivity index (χ0v) is 19.7. The number of rotatable bonds is 7. The number of halogens is 1. The van der Waals surface area contributed by atoms with E-state index in [1.165, 1.54) is 11.3 Å². The van der Waals surface area contributed by atoms with Crippen LogP contribution >= 0.6 is 11.6 Å². The Morgan fingerprint density at radius 3 is 2.72 bits per heavy atom. The quantitative estimate of drug-likeness (QED) is 0.689. The molecule has 4 rings (SSSR count). The van der Waals surface area contributed by atoms with E-state index < -0.39 is 0 Å². The van der Waals surface area contributed by atoms with Crippen molar-refractivity contribution >= 4 is 29.0 Å². The van der Waals surface area contributed by atoms with Gasteiger partial charge in [-0.05, 0) is 43.7 Å². The van der Waals surface area contributed by atoms with Crippen molar-refractivity contribution in [3.63, 3.8) is 0 Å². The molecule has 1 N–H and O–H groups in total. The lowest BCUT2D eigenvalue weighted by Crippen LogP contribution is -2.48. The third-order valence-electron chi connectivity index (χ3n) is 6.14. The van der Waals surface area contributed by atoms with Gasteiger partial charge in [-0.1, -0.05) is 17.7 Å². The van der Waals surface area contributed by atoms with Crippen LogP contribution in [0.1, 0.15) is 17.7 Å². The summed E-state index contributed by atoms with van der Waals surface area (Å²) in [6.07, 6.45) is 0.455. The smallest absolute Gasteiger partial charge is 0.221 e. The summed E-state index contributed by atoms with van der Waals surface area (Å²) in [4.78, 5) is 23.9. The molecule has 1 saturated heterocycles. The summed E-state index contributed by atoms with van der Waals surface area (Å²) in [5, 5.41) is 3.85. The highest BCUT2D eigenvalue weighted by atomic mass is 35.5. The first kappa shape index (κ1) is 22.7. The first-order valence-corrected chi connectivity index (χ1v) is 11.7. The number of aryl methyl sites for hydroxylation is 2. The van der Waals surface area contributed by atoms with Crippen molar-refractivity contribution in [3.8, 4) is 5.75 Å². The van der Waals surface area contributed by atoms with E-state index in [9.17, 15) is 4.79 Å². The fraction of sp³-hybridized carbons (Fsp3) is 0.500. The van der Waals surface area contributed by atoms with Crippen LogP contribution < -0.4 is 19.9 Å². The molecule has 1 aromatic heterocycles. The molecule has 2 aromatic rings. The number of amides is 1. The van der Waals surface area contributed by atoms with Gasteiger partial charge in [-0.3, -0.25) is 9.69 Å². The van der Waals surface area contributed by atoms with Crippen molar-refractivity contribution in [2.45, 2.75) is 20.3 Å². The minimum Gasteiger partial charge on any atom is -0.488 e. The highest BCUT2D eigenvalue weighted by molar-refractivity contribution is 6.30. The minimum atomic E-state index is 0.0823. The van der Waals surface area contributed by atoms with Crippen molar-refractivity contribution in [2.75, 3.05) is 68.8 Å². The molecule has 0 aliphatic carbocycles. The number of hydrogen-bond donors (Lipinski definition) is 1. The maximum absolute atomic E-state index is 12.4. The third-order valence-corrected chi connectivity index (χ3v) is 6.38. The number of anilines is 2. The summed E-state index contributed by atoms with van der Waals surface area (Å²) >= 11 is 6.18. The lowest BCUT2D eigenvalue weighted by molar-refractivity contribution is -0.120. The highest BCUT2D eigenvalue weighted by Gasteiger charge is 2.21. The number of carbonyl (C=O) groups excluding carboxylic acids is 1. The van der Waals surface area contributed by atoms with E-state index >= 15 is 0 Å². The molecule has 3 heterocycles. The first-order chi connectivity index (χ1) is 15.5. The second-order valence-electron chi connectivity index (χ2n) is 8.47. The first-order valence-electron chi connectivity index (χ1n) is 11.3. The Bertz CT molecular complexity index is 946. The van der Waals surface area contributed by atoms with Crippen LogP contribution in [0.5, 0.6) is 5.75 Å². The molecular weight excluding hydrogens is 426 g/mol. The topological polar surface area (TPSA) is 60.9 Å². The van der Waals surface area contributed by atoms with Crippen molar-refractivity contribution in [2.24, 2.45) is 0 Å². The van der Waals surface area contributed by atoms with Gasteiger partial charge in [0.25, 0.3) is 0 Å². The molecule has 0 spiro atoms. The maximum Gasteiger partial charge on any atom is 0.221 e.